The third-order valence-corrected chi connectivity index (χ3v) is 4.56. The minimum atomic E-state index is -0.231. The standard InChI is InChI=1S/C13H14BrFN2S/c1-8-6-18-7-11(8)13(17-16)5-9-4-10(15)2-3-12(9)14/h2-4,6-7,13,17H,5,16H2,1H3. The highest BCUT2D eigenvalue weighted by molar-refractivity contribution is 9.10. The van der Waals surface area contributed by atoms with Crippen LogP contribution in [0.4, 0.5) is 4.39 Å². The van der Waals surface area contributed by atoms with Crippen molar-refractivity contribution < 1.29 is 4.39 Å². The van der Waals surface area contributed by atoms with Gasteiger partial charge in [0.25, 0.3) is 0 Å². The largest absolute Gasteiger partial charge is 0.271 e. The van der Waals surface area contributed by atoms with Crippen LogP contribution in [-0.2, 0) is 6.42 Å². The van der Waals surface area contributed by atoms with Gasteiger partial charge in [-0.05, 0) is 59.0 Å². The number of nitrogens with two attached hydrogens (primary N) is 1. The van der Waals surface area contributed by atoms with Gasteiger partial charge in [0, 0.05) is 4.47 Å². The van der Waals surface area contributed by atoms with Gasteiger partial charge in [-0.2, -0.15) is 11.3 Å². The van der Waals surface area contributed by atoms with Gasteiger partial charge >= 0.3 is 0 Å². The zero-order valence-electron chi connectivity index (χ0n) is 9.91. The maximum atomic E-state index is 13.3. The summed E-state index contributed by atoms with van der Waals surface area (Å²) < 4.78 is 14.2. The average Bonchev–Trinajstić information content (AvgIpc) is 2.77. The normalized spacial score (nSPS) is 12.7. The highest BCUT2D eigenvalue weighted by Crippen LogP contribution is 2.27. The highest BCUT2D eigenvalue weighted by atomic mass is 79.9. The SMILES string of the molecule is Cc1cscc1C(Cc1cc(F)ccc1Br)NN. The van der Waals surface area contributed by atoms with E-state index in [2.05, 4.69) is 39.0 Å². The van der Waals surface area contributed by atoms with Crippen LogP contribution in [0.3, 0.4) is 0 Å². The summed E-state index contributed by atoms with van der Waals surface area (Å²) in [5.74, 6) is 5.38. The lowest BCUT2D eigenvalue weighted by molar-refractivity contribution is 0.547. The number of nitrogens with one attached hydrogen (secondary N) is 1. The van der Waals surface area contributed by atoms with Gasteiger partial charge in [0.05, 0.1) is 6.04 Å². The Hall–Kier alpha value is -0.750. The molecule has 0 bridgehead atoms. The second-order valence-corrected chi connectivity index (χ2v) is 5.77. The van der Waals surface area contributed by atoms with Crippen LogP contribution in [0.1, 0.15) is 22.7 Å². The first-order chi connectivity index (χ1) is 8.61. The van der Waals surface area contributed by atoms with Crippen LogP contribution in [0.5, 0.6) is 0 Å². The first-order valence-corrected chi connectivity index (χ1v) is 7.28. The molecule has 0 saturated carbocycles. The molecule has 1 unspecified atom stereocenters. The van der Waals surface area contributed by atoms with E-state index in [1.807, 2.05) is 0 Å². The summed E-state index contributed by atoms with van der Waals surface area (Å²) in [4.78, 5) is 0. The van der Waals surface area contributed by atoms with E-state index in [-0.39, 0.29) is 11.9 Å². The van der Waals surface area contributed by atoms with Crippen molar-refractivity contribution in [2.45, 2.75) is 19.4 Å². The quantitative estimate of drug-likeness (QED) is 0.663. The molecule has 5 heteroatoms. The van der Waals surface area contributed by atoms with Crippen molar-refractivity contribution in [3.63, 3.8) is 0 Å². The number of aryl methyl sites for hydroxylation is 1. The Morgan fingerprint density at radius 2 is 2.22 bits per heavy atom. The topological polar surface area (TPSA) is 38.0 Å². The summed E-state index contributed by atoms with van der Waals surface area (Å²) in [6.45, 7) is 2.05. The number of hydrazine groups is 1. The molecular formula is C13H14BrFN2S. The Morgan fingerprint density at radius 3 is 2.83 bits per heavy atom. The van der Waals surface area contributed by atoms with Crippen LogP contribution in [0.25, 0.3) is 0 Å². The lowest BCUT2D eigenvalue weighted by atomic mass is 9.99. The molecule has 0 amide bonds. The molecule has 2 nitrogen and oxygen atoms in total. The monoisotopic (exact) mass is 328 g/mol. The molecule has 3 N–H and O–H groups in total. The van der Waals surface area contributed by atoms with Gasteiger partial charge in [0.2, 0.25) is 0 Å². The number of hydrogen-bond acceptors (Lipinski definition) is 3. The summed E-state index contributed by atoms with van der Waals surface area (Å²) in [7, 11) is 0. The van der Waals surface area contributed by atoms with Gasteiger partial charge in [-0.15, -0.1) is 0 Å². The molecule has 1 atom stereocenters. The Labute approximate surface area is 118 Å². The fourth-order valence-electron chi connectivity index (χ4n) is 1.91. The van der Waals surface area contributed by atoms with Crippen molar-refractivity contribution in [1.29, 1.82) is 0 Å². The maximum Gasteiger partial charge on any atom is 0.123 e. The van der Waals surface area contributed by atoms with E-state index in [9.17, 15) is 4.39 Å². The van der Waals surface area contributed by atoms with Gasteiger partial charge in [-0.3, -0.25) is 11.3 Å². The molecule has 1 aromatic carbocycles. The van der Waals surface area contributed by atoms with E-state index < -0.39 is 0 Å². The van der Waals surface area contributed by atoms with Crippen LogP contribution in [0.15, 0.2) is 33.4 Å². The summed E-state index contributed by atoms with van der Waals surface area (Å²) >= 11 is 5.08. The molecular weight excluding hydrogens is 315 g/mol. The minimum Gasteiger partial charge on any atom is -0.271 e. The predicted octanol–water partition coefficient (Wildman–Crippen LogP) is 3.71. The molecule has 0 aliphatic heterocycles. The molecule has 0 fully saturated rings. The Morgan fingerprint density at radius 1 is 1.44 bits per heavy atom. The number of hydrogen-bond donors (Lipinski definition) is 2. The second-order valence-electron chi connectivity index (χ2n) is 4.17. The summed E-state index contributed by atoms with van der Waals surface area (Å²) in [5.41, 5.74) is 6.08. The Balaban J connectivity index is 2.26. The second kappa shape index (κ2) is 5.93. The van der Waals surface area contributed by atoms with Crippen LogP contribution < -0.4 is 11.3 Å². The van der Waals surface area contributed by atoms with Crippen LogP contribution in [-0.4, -0.2) is 0 Å². The van der Waals surface area contributed by atoms with Crippen molar-refractivity contribution in [3.8, 4) is 0 Å². The van der Waals surface area contributed by atoms with Gasteiger partial charge in [-0.25, -0.2) is 4.39 Å². The maximum absolute atomic E-state index is 13.3. The molecule has 1 heterocycles. The highest BCUT2D eigenvalue weighted by Gasteiger charge is 2.15. The predicted molar refractivity (Wildman–Crippen MR) is 76.9 cm³/mol. The molecule has 96 valence electrons. The zero-order valence-corrected chi connectivity index (χ0v) is 12.3. The Bertz CT molecular complexity index is 542. The number of thiophene rings is 1. The van der Waals surface area contributed by atoms with Crippen LogP contribution >= 0.6 is 27.3 Å². The average molecular weight is 329 g/mol. The zero-order chi connectivity index (χ0) is 13.1. The molecule has 18 heavy (non-hydrogen) atoms. The van der Waals surface area contributed by atoms with Crippen molar-refractivity contribution >= 4 is 27.3 Å². The van der Waals surface area contributed by atoms with Crippen LogP contribution in [0, 0.1) is 12.7 Å². The van der Waals surface area contributed by atoms with Crippen molar-refractivity contribution in [2.75, 3.05) is 0 Å². The third kappa shape index (κ3) is 2.98. The van der Waals surface area contributed by atoms with Gasteiger partial charge < -0.3 is 0 Å². The third-order valence-electron chi connectivity index (χ3n) is 2.90. The number of halogens is 2. The lowest BCUT2D eigenvalue weighted by Crippen LogP contribution is -2.29. The molecule has 0 saturated heterocycles. The summed E-state index contributed by atoms with van der Waals surface area (Å²) in [5, 5.41) is 4.16. The Kier molecular flexibility index (Phi) is 4.50. The first kappa shape index (κ1) is 13.7. The fraction of sp³-hybridized carbons (Fsp3) is 0.231. The summed E-state index contributed by atoms with van der Waals surface area (Å²) in [6, 6.07) is 4.69. The molecule has 0 radical (unpaired) electrons. The first-order valence-electron chi connectivity index (χ1n) is 5.54. The van der Waals surface area contributed by atoms with Gasteiger partial charge in [0.1, 0.15) is 5.82 Å². The van der Waals surface area contributed by atoms with E-state index >= 15 is 0 Å². The van der Waals surface area contributed by atoms with E-state index in [4.69, 9.17) is 5.84 Å². The molecule has 1 aromatic heterocycles. The lowest BCUT2D eigenvalue weighted by Gasteiger charge is -2.17. The smallest absolute Gasteiger partial charge is 0.123 e. The van der Waals surface area contributed by atoms with Crippen LogP contribution in [0.2, 0.25) is 0 Å². The van der Waals surface area contributed by atoms with E-state index in [1.165, 1.54) is 23.3 Å². The summed E-state index contributed by atoms with van der Waals surface area (Å²) in [6.07, 6.45) is 0.645. The minimum absolute atomic E-state index is 0.00523. The molecule has 0 spiro atoms. The van der Waals surface area contributed by atoms with E-state index in [0.717, 1.165) is 10.0 Å². The van der Waals surface area contributed by atoms with E-state index in [0.29, 0.717) is 6.42 Å². The van der Waals surface area contributed by atoms with Crippen molar-refractivity contribution in [2.24, 2.45) is 5.84 Å². The van der Waals surface area contributed by atoms with Gasteiger partial charge in [0.15, 0.2) is 0 Å². The fourth-order valence-corrected chi connectivity index (χ4v) is 3.22. The molecule has 2 rings (SSSR count). The van der Waals surface area contributed by atoms with E-state index in [1.54, 1.807) is 17.4 Å². The number of benzene rings is 1. The van der Waals surface area contributed by atoms with Crippen molar-refractivity contribution in [3.05, 3.63) is 55.9 Å². The van der Waals surface area contributed by atoms with Gasteiger partial charge in [-0.1, -0.05) is 15.9 Å². The molecule has 0 aliphatic carbocycles. The molecule has 0 aliphatic rings. The van der Waals surface area contributed by atoms with Crippen molar-refractivity contribution in [1.82, 2.24) is 5.43 Å². The number of rotatable bonds is 4. The molecule has 2 aromatic rings.